The Kier molecular flexibility index (Phi) is 4.26. The molecule has 0 bridgehead atoms. The summed E-state index contributed by atoms with van der Waals surface area (Å²) in [4.78, 5) is 23.3. The van der Waals surface area contributed by atoms with Gasteiger partial charge in [-0.05, 0) is 43.4 Å². The Labute approximate surface area is 131 Å². The van der Waals surface area contributed by atoms with Crippen molar-refractivity contribution >= 4 is 23.3 Å². The fraction of sp³-hybridized carbons (Fsp3) is 0.412. The van der Waals surface area contributed by atoms with Crippen molar-refractivity contribution in [3.8, 4) is 0 Å². The van der Waals surface area contributed by atoms with Gasteiger partial charge in [0.15, 0.2) is 0 Å². The van der Waals surface area contributed by atoms with E-state index in [9.17, 15) is 9.59 Å². The van der Waals surface area contributed by atoms with Crippen LogP contribution in [-0.4, -0.2) is 11.9 Å². The smallest absolute Gasteiger partial charge is 0.316 e. The molecule has 118 valence electrons. The molecule has 4 N–H and O–H groups in total. The monoisotopic (exact) mass is 301 g/mol. The van der Waals surface area contributed by atoms with Crippen LogP contribution >= 0.6 is 0 Å². The second-order valence-electron chi connectivity index (χ2n) is 6.63. The lowest BCUT2D eigenvalue weighted by Gasteiger charge is -2.08. The number of carbonyl (C=O) groups is 2. The first kappa shape index (κ1) is 16.1. The highest BCUT2D eigenvalue weighted by Gasteiger charge is 2.60. The van der Waals surface area contributed by atoms with Crippen molar-refractivity contribution in [3.05, 3.63) is 35.9 Å². The average molecular weight is 301 g/mol. The molecule has 1 aliphatic rings. The highest BCUT2D eigenvalue weighted by molar-refractivity contribution is 5.96. The number of allylic oxidation sites excluding steroid dienone is 2. The number of amides is 3. The fourth-order valence-electron chi connectivity index (χ4n) is 2.89. The molecular formula is C17H23N3O2. The Balaban J connectivity index is 2.07. The number of hydrogen-bond acceptors (Lipinski definition) is 2. The molecule has 0 heterocycles. The predicted octanol–water partition coefficient (Wildman–Crippen LogP) is 3.35. The van der Waals surface area contributed by atoms with E-state index in [0.29, 0.717) is 11.4 Å². The first-order chi connectivity index (χ1) is 10.2. The number of nitrogens with one attached hydrogen (secondary N) is 2. The van der Waals surface area contributed by atoms with Crippen molar-refractivity contribution < 1.29 is 9.59 Å². The van der Waals surface area contributed by atoms with Crippen molar-refractivity contribution in [1.29, 1.82) is 0 Å². The first-order valence-corrected chi connectivity index (χ1v) is 7.34. The maximum atomic E-state index is 12.5. The van der Waals surface area contributed by atoms with Crippen LogP contribution < -0.4 is 16.4 Å². The van der Waals surface area contributed by atoms with Crippen LogP contribution in [0, 0.1) is 17.3 Å². The second-order valence-corrected chi connectivity index (χ2v) is 6.63. The quantitative estimate of drug-likeness (QED) is 0.745. The normalized spacial score (nSPS) is 21.6. The predicted molar refractivity (Wildman–Crippen MR) is 88.5 cm³/mol. The van der Waals surface area contributed by atoms with Crippen LogP contribution in [0.2, 0.25) is 0 Å². The van der Waals surface area contributed by atoms with Crippen molar-refractivity contribution in [3.63, 3.8) is 0 Å². The zero-order chi connectivity index (χ0) is 16.5. The van der Waals surface area contributed by atoms with Crippen LogP contribution in [0.15, 0.2) is 35.9 Å². The van der Waals surface area contributed by atoms with E-state index in [1.807, 2.05) is 13.8 Å². The molecule has 22 heavy (non-hydrogen) atoms. The molecule has 5 heteroatoms. The zero-order valence-electron chi connectivity index (χ0n) is 13.4. The van der Waals surface area contributed by atoms with Gasteiger partial charge in [-0.2, -0.15) is 0 Å². The number of benzene rings is 1. The summed E-state index contributed by atoms with van der Waals surface area (Å²) in [6, 6.07) is 6.32. The first-order valence-electron chi connectivity index (χ1n) is 7.34. The lowest BCUT2D eigenvalue weighted by atomic mass is 10.1. The van der Waals surface area contributed by atoms with Crippen molar-refractivity contribution in [2.75, 3.05) is 10.6 Å². The molecule has 1 fully saturated rings. The van der Waals surface area contributed by atoms with Crippen LogP contribution in [0.4, 0.5) is 16.2 Å². The Bertz CT molecular complexity index is 631. The second kappa shape index (κ2) is 5.83. The average Bonchev–Trinajstić information content (AvgIpc) is 2.89. The minimum absolute atomic E-state index is 0.00345. The van der Waals surface area contributed by atoms with Gasteiger partial charge in [0.1, 0.15) is 0 Å². The maximum absolute atomic E-state index is 12.5. The Morgan fingerprint density at radius 1 is 1.18 bits per heavy atom. The summed E-state index contributed by atoms with van der Waals surface area (Å²) in [7, 11) is 0. The molecule has 2 rings (SSSR count). The molecule has 0 aliphatic heterocycles. The van der Waals surface area contributed by atoms with Gasteiger partial charge in [-0.3, -0.25) is 4.79 Å². The molecule has 0 aromatic heterocycles. The highest BCUT2D eigenvalue weighted by atomic mass is 16.2. The van der Waals surface area contributed by atoms with Gasteiger partial charge in [0.05, 0.1) is 5.92 Å². The largest absolute Gasteiger partial charge is 0.351 e. The number of urea groups is 1. The standard InChI is InChI=1S/C17H23N3O2/c1-10(2)8-13-14(17(13,3)4)15(21)19-11-6-5-7-12(9-11)20-16(18)22/h5-9,13-14H,1-4H3,(H,19,21)(H3,18,20,22). The van der Waals surface area contributed by atoms with E-state index in [-0.39, 0.29) is 23.2 Å². The molecule has 0 saturated heterocycles. The van der Waals surface area contributed by atoms with E-state index < -0.39 is 6.03 Å². The third-order valence-electron chi connectivity index (χ3n) is 4.10. The van der Waals surface area contributed by atoms with Gasteiger partial charge in [0.25, 0.3) is 0 Å². The Morgan fingerprint density at radius 2 is 1.77 bits per heavy atom. The van der Waals surface area contributed by atoms with E-state index in [1.165, 1.54) is 5.57 Å². The number of carbonyl (C=O) groups excluding carboxylic acids is 2. The maximum Gasteiger partial charge on any atom is 0.316 e. The lowest BCUT2D eigenvalue weighted by molar-refractivity contribution is -0.118. The van der Waals surface area contributed by atoms with Crippen LogP contribution in [0.3, 0.4) is 0 Å². The van der Waals surface area contributed by atoms with Crippen LogP contribution in [-0.2, 0) is 4.79 Å². The van der Waals surface area contributed by atoms with E-state index in [0.717, 1.165) is 0 Å². The van der Waals surface area contributed by atoms with Gasteiger partial charge in [-0.1, -0.05) is 31.6 Å². The van der Waals surface area contributed by atoms with Crippen molar-refractivity contribution in [2.45, 2.75) is 27.7 Å². The summed E-state index contributed by atoms with van der Waals surface area (Å²) in [5, 5.41) is 5.41. The molecule has 5 nitrogen and oxygen atoms in total. The molecule has 1 saturated carbocycles. The van der Waals surface area contributed by atoms with Crippen molar-refractivity contribution in [1.82, 2.24) is 0 Å². The highest BCUT2D eigenvalue weighted by Crippen LogP contribution is 2.59. The van der Waals surface area contributed by atoms with Crippen molar-refractivity contribution in [2.24, 2.45) is 23.0 Å². The summed E-state index contributed by atoms with van der Waals surface area (Å²) in [6.45, 7) is 8.30. The van der Waals surface area contributed by atoms with Gasteiger partial charge in [-0.15, -0.1) is 0 Å². The minimum atomic E-state index is -0.629. The molecule has 1 aromatic carbocycles. The SMILES string of the molecule is CC(C)=CC1C(C(=O)Nc2cccc(NC(N)=O)c2)C1(C)C. The topological polar surface area (TPSA) is 84.2 Å². The van der Waals surface area contributed by atoms with Crippen LogP contribution in [0.25, 0.3) is 0 Å². The Hall–Kier alpha value is -2.30. The van der Waals surface area contributed by atoms with E-state index in [1.54, 1.807) is 24.3 Å². The molecule has 0 spiro atoms. The van der Waals surface area contributed by atoms with Gasteiger partial charge < -0.3 is 16.4 Å². The zero-order valence-corrected chi connectivity index (χ0v) is 13.4. The molecule has 0 radical (unpaired) electrons. The summed E-state index contributed by atoms with van der Waals surface area (Å²) in [5.41, 5.74) is 7.49. The third kappa shape index (κ3) is 3.47. The fourth-order valence-corrected chi connectivity index (χ4v) is 2.89. The molecule has 2 atom stereocenters. The number of anilines is 2. The number of nitrogens with two attached hydrogens (primary N) is 1. The van der Waals surface area contributed by atoms with E-state index in [2.05, 4.69) is 30.6 Å². The lowest BCUT2D eigenvalue weighted by Crippen LogP contribution is -2.20. The summed E-state index contributed by atoms with van der Waals surface area (Å²) in [6.07, 6.45) is 2.16. The third-order valence-corrected chi connectivity index (χ3v) is 4.10. The number of primary amides is 1. The van der Waals surface area contributed by atoms with Gasteiger partial charge in [0.2, 0.25) is 5.91 Å². The van der Waals surface area contributed by atoms with E-state index in [4.69, 9.17) is 5.73 Å². The summed E-state index contributed by atoms with van der Waals surface area (Å²) in [5.74, 6) is 0.239. The van der Waals surface area contributed by atoms with Gasteiger partial charge in [0, 0.05) is 11.4 Å². The summed E-state index contributed by atoms with van der Waals surface area (Å²) < 4.78 is 0. The molecule has 3 amide bonds. The molecular weight excluding hydrogens is 278 g/mol. The minimum Gasteiger partial charge on any atom is -0.351 e. The van der Waals surface area contributed by atoms with Crippen LogP contribution in [0.5, 0.6) is 0 Å². The summed E-state index contributed by atoms with van der Waals surface area (Å²) >= 11 is 0. The molecule has 1 aromatic rings. The molecule has 2 unspecified atom stereocenters. The number of hydrogen-bond donors (Lipinski definition) is 3. The Morgan fingerprint density at radius 3 is 2.32 bits per heavy atom. The van der Waals surface area contributed by atoms with E-state index >= 15 is 0 Å². The van der Waals surface area contributed by atoms with Crippen LogP contribution in [0.1, 0.15) is 27.7 Å². The van der Waals surface area contributed by atoms with Gasteiger partial charge in [-0.25, -0.2) is 4.79 Å². The molecule has 1 aliphatic carbocycles. The van der Waals surface area contributed by atoms with Gasteiger partial charge >= 0.3 is 6.03 Å². The number of rotatable bonds is 4.